The highest BCUT2D eigenvalue weighted by atomic mass is 16.5. The molecule has 0 radical (unpaired) electrons. The largest absolute Gasteiger partial charge is 0.497 e. The molecule has 1 aliphatic rings. The van der Waals surface area contributed by atoms with Crippen molar-refractivity contribution < 1.29 is 4.74 Å². The predicted octanol–water partition coefficient (Wildman–Crippen LogP) is 6.25. The van der Waals surface area contributed by atoms with Crippen molar-refractivity contribution in [2.75, 3.05) is 12.0 Å². The van der Waals surface area contributed by atoms with Gasteiger partial charge in [-0.3, -0.25) is 4.99 Å². The Morgan fingerprint density at radius 1 is 1.19 bits per heavy atom. The second-order valence-electron chi connectivity index (χ2n) is 8.61. The minimum atomic E-state index is 0.172. The number of hydrogen-bond acceptors (Lipinski definition) is 3. The summed E-state index contributed by atoms with van der Waals surface area (Å²) in [6, 6.07) is 13.0. The summed E-state index contributed by atoms with van der Waals surface area (Å²) in [5, 5.41) is 0. The van der Waals surface area contributed by atoms with E-state index in [1.807, 2.05) is 30.5 Å². The van der Waals surface area contributed by atoms with Crippen LogP contribution in [0.25, 0.3) is 0 Å². The molecule has 0 aromatic heterocycles. The van der Waals surface area contributed by atoms with Crippen LogP contribution in [0.2, 0.25) is 0 Å². The van der Waals surface area contributed by atoms with E-state index in [1.165, 1.54) is 22.4 Å². The summed E-state index contributed by atoms with van der Waals surface area (Å²) in [6.07, 6.45) is 3.15. The zero-order valence-corrected chi connectivity index (χ0v) is 17.7. The summed E-state index contributed by atoms with van der Waals surface area (Å²) in [4.78, 5) is 7.26. The Morgan fingerprint density at radius 2 is 1.85 bits per heavy atom. The van der Waals surface area contributed by atoms with Gasteiger partial charge in [-0.25, -0.2) is 0 Å². The van der Waals surface area contributed by atoms with Crippen LogP contribution < -0.4 is 9.64 Å². The number of rotatable bonds is 4. The molecule has 144 valence electrons. The van der Waals surface area contributed by atoms with Gasteiger partial charge in [0.2, 0.25) is 0 Å². The number of ether oxygens (including phenoxy) is 1. The summed E-state index contributed by atoms with van der Waals surface area (Å²) < 4.78 is 5.21. The van der Waals surface area contributed by atoms with E-state index in [0.29, 0.717) is 12.0 Å². The molecule has 1 heterocycles. The predicted molar refractivity (Wildman–Crippen MR) is 116 cm³/mol. The molecule has 1 unspecified atom stereocenters. The zero-order valence-electron chi connectivity index (χ0n) is 17.7. The molecule has 1 aliphatic heterocycles. The van der Waals surface area contributed by atoms with Gasteiger partial charge in [-0.15, -0.1) is 0 Å². The first-order valence-electron chi connectivity index (χ1n) is 9.85. The Balaban J connectivity index is 1.98. The van der Waals surface area contributed by atoms with E-state index in [9.17, 15) is 0 Å². The Bertz CT molecular complexity index is 834. The van der Waals surface area contributed by atoms with Crippen LogP contribution in [0, 0.1) is 6.92 Å². The summed E-state index contributed by atoms with van der Waals surface area (Å²) in [7, 11) is 1.68. The van der Waals surface area contributed by atoms with Crippen molar-refractivity contribution in [3.63, 3.8) is 0 Å². The van der Waals surface area contributed by atoms with Crippen LogP contribution in [0.5, 0.6) is 5.75 Å². The van der Waals surface area contributed by atoms with Crippen LogP contribution in [-0.4, -0.2) is 24.9 Å². The maximum atomic E-state index is 5.21. The van der Waals surface area contributed by atoms with Crippen LogP contribution >= 0.6 is 0 Å². The summed E-state index contributed by atoms with van der Waals surface area (Å²) in [5.74, 6) is 1.39. The van der Waals surface area contributed by atoms with Gasteiger partial charge in [-0.05, 0) is 100 Å². The normalized spacial score (nSPS) is 18.8. The number of aryl methyl sites for hydroxylation is 1. The lowest BCUT2D eigenvalue weighted by molar-refractivity contribution is 0.356. The number of fused-ring (bicyclic) bond motifs is 1. The first-order chi connectivity index (χ1) is 12.7. The molecule has 0 N–H and O–H groups in total. The maximum Gasteiger partial charge on any atom is 0.119 e. The van der Waals surface area contributed by atoms with E-state index in [4.69, 9.17) is 4.74 Å². The van der Waals surface area contributed by atoms with Crippen molar-refractivity contribution in [1.82, 2.24) is 0 Å². The second kappa shape index (κ2) is 7.38. The van der Waals surface area contributed by atoms with Crippen LogP contribution in [0.3, 0.4) is 0 Å². The molecule has 27 heavy (non-hydrogen) atoms. The van der Waals surface area contributed by atoms with Gasteiger partial charge in [0.15, 0.2) is 0 Å². The first-order valence-corrected chi connectivity index (χ1v) is 9.85. The Morgan fingerprint density at radius 3 is 2.44 bits per heavy atom. The zero-order chi connectivity index (χ0) is 19.8. The van der Waals surface area contributed by atoms with Crippen molar-refractivity contribution in [3.05, 3.63) is 53.1 Å². The summed E-state index contributed by atoms with van der Waals surface area (Å²) in [5.41, 5.74) is 6.39. The SMILES string of the molecule is COc1ccc(N=Cc2cc3c(cc2C)N(C(C)C)C(C)(C)CC3C)cc1. The van der Waals surface area contributed by atoms with Gasteiger partial charge in [-0.2, -0.15) is 0 Å². The molecule has 0 aliphatic carbocycles. The van der Waals surface area contributed by atoms with Crippen molar-refractivity contribution >= 4 is 17.6 Å². The van der Waals surface area contributed by atoms with Crippen LogP contribution in [0.4, 0.5) is 11.4 Å². The fourth-order valence-electron chi connectivity index (χ4n) is 4.54. The lowest BCUT2D eigenvalue weighted by atomic mass is 9.78. The lowest BCUT2D eigenvalue weighted by Gasteiger charge is -2.50. The van der Waals surface area contributed by atoms with Gasteiger partial charge in [0, 0.05) is 23.5 Å². The van der Waals surface area contributed by atoms with Gasteiger partial charge in [0.05, 0.1) is 12.8 Å². The molecule has 3 heteroatoms. The molecular formula is C24H32N2O. The third-order valence-electron chi connectivity index (χ3n) is 5.61. The van der Waals surface area contributed by atoms with E-state index >= 15 is 0 Å². The first kappa shape index (κ1) is 19.5. The molecule has 0 saturated heterocycles. The van der Waals surface area contributed by atoms with Crippen LogP contribution in [0.15, 0.2) is 41.4 Å². The third kappa shape index (κ3) is 3.87. The highest BCUT2D eigenvalue weighted by molar-refractivity contribution is 5.86. The average Bonchev–Trinajstić information content (AvgIpc) is 2.59. The van der Waals surface area contributed by atoms with Crippen molar-refractivity contribution in [1.29, 1.82) is 0 Å². The number of aliphatic imine (C=N–C) groups is 1. The van der Waals surface area contributed by atoms with Gasteiger partial charge in [0.1, 0.15) is 5.75 Å². The number of nitrogens with zero attached hydrogens (tertiary/aromatic N) is 2. The fourth-order valence-corrected chi connectivity index (χ4v) is 4.54. The van der Waals surface area contributed by atoms with Crippen molar-refractivity contribution in [2.24, 2.45) is 4.99 Å². The molecule has 3 nitrogen and oxygen atoms in total. The minimum absolute atomic E-state index is 0.172. The van der Waals surface area contributed by atoms with Gasteiger partial charge in [-0.1, -0.05) is 6.92 Å². The quantitative estimate of drug-likeness (QED) is 0.599. The molecule has 2 aromatic rings. The average molecular weight is 365 g/mol. The van der Waals surface area contributed by atoms with Crippen LogP contribution in [0.1, 0.15) is 63.6 Å². The number of hydrogen-bond donors (Lipinski definition) is 0. The standard InChI is InChI=1S/C24H32N2O/c1-16(2)26-23-12-17(3)19(13-22(23)18(4)14-24(26,5)6)15-25-20-8-10-21(27-7)11-9-20/h8-13,15-16,18H,14H2,1-7H3. The van der Waals surface area contributed by atoms with E-state index in [-0.39, 0.29) is 5.54 Å². The molecule has 0 amide bonds. The second-order valence-corrected chi connectivity index (χ2v) is 8.61. The van der Waals surface area contributed by atoms with Crippen molar-refractivity contribution in [2.45, 2.75) is 65.5 Å². The molecule has 0 fully saturated rings. The summed E-state index contributed by atoms with van der Waals surface area (Å²) in [6.45, 7) is 13.8. The Kier molecular flexibility index (Phi) is 5.32. The maximum absolute atomic E-state index is 5.21. The van der Waals surface area contributed by atoms with Crippen molar-refractivity contribution in [3.8, 4) is 5.75 Å². The Hall–Kier alpha value is -2.29. The van der Waals surface area contributed by atoms with E-state index in [2.05, 4.69) is 63.6 Å². The van der Waals surface area contributed by atoms with Crippen LogP contribution in [-0.2, 0) is 0 Å². The molecule has 2 aromatic carbocycles. The third-order valence-corrected chi connectivity index (χ3v) is 5.61. The lowest BCUT2D eigenvalue weighted by Crippen LogP contribution is -2.51. The molecule has 0 spiro atoms. The Labute approximate surface area is 164 Å². The number of benzene rings is 2. The molecule has 0 saturated carbocycles. The monoisotopic (exact) mass is 364 g/mol. The fraction of sp³-hybridized carbons (Fsp3) is 0.458. The van der Waals surface area contributed by atoms with E-state index < -0.39 is 0 Å². The molecular weight excluding hydrogens is 332 g/mol. The number of methoxy groups -OCH3 is 1. The van der Waals surface area contributed by atoms with E-state index in [1.54, 1.807) is 7.11 Å². The number of anilines is 1. The van der Waals surface area contributed by atoms with Gasteiger partial charge < -0.3 is 9.64 Å². The topological polar surface area (TPSA) is 24.8 Å². The minimum Gasteiger partial charge on any atom is -0.497 e. The highest BCUT2D eigenvalue weighted by Gasteiger charge is 2.37. The molecule has 3 rings (SSSR count). The summed E-state index contributed by atoms with van der Waals surface area (Å²) >= 11 is 0. The smallest absolute Gasteiger partial charge is 0.119 e. The van der Waals surface area contributed by atoms with Gasteiger partial charge in [0.25, 0.3) is 0 Å². The van der Waals surface area contributed by atoms with Gasteiger partial charge >= 0.3 is 0 Å². The molecule has 1 atom stereocenters. The molecule has 0 bridgehead atoms. The van der Waals surface area contributed by atoms with E-state index in [0.717, 1.165) is 17.9 Å². The highest BCUT2D eigenvalue weighted by Crippen LogP contribution is 2.45.